The average Bonchev–Trinajstić information content (AvgIpc) is 3.64. The number of esters is 1. The van der Waals surface area contributed by atoms with Crippen molar-refractivity contribution in [2.45, 2.75) is 91.8 Å². The number of carbonyl (C=O) groups excluding carboxylic acids is 3. The largest absolute Gasteiger partial charge is 0 e. The van der Waals surface area contributed by atoms with Crippen LogP contribution in [0.5, 0.6) is 0 Å². The fraction of sp³-hybridized carbons (Fsp3) is 0.488. The van der Waals surface area contributed by atoms with Gasteiger partial charge in [0.2, 0.25) is 5.91 Å². The van der Waals surface area contributed by atoms with Crippen LogP contribution in [-0.4, -0.2) is 67.9 Å². The van der Waals surface area contributed by atoms with E-state index in [1.54, 1.807) is 0 Å². The number of rotatable bonds is 1. The number of nitrogens with zero attached hydrogens (tertiary/aromatic N) is 1. The summed E-state index contributed by atoms with van der Waals surface area (Å²) in [6, 6.07) is 6.23. The van der Waals surface area contributed by atoms with Crippen LogP contribution in [-0.2, 0) is 85.3 Å². The molecule has 3 rings (SSSR count). The molecule has 0 spiro atoms. The van der Waals surface area contributed by atoms with E-state index >= 15 is 0 Å². The van der Waals surface area contributed by atoms with Crippen molar-refractivity contribution in [2.75, 3.05) is 26.9 Å². The summed E-state index contributed by atoms with van der Waals surface area (Å²) in [6.45, 7) is 39.2. The first kappa shape index (κ1) is 67.4. The van der Waals surface area contributed by atoms with Gasteiger partial charge < -0.3 is 24.4 Å². The molecule has 1 saturated heterocycles. The summed E-state index contributed by atoms with van der Waals surface area (Å²) in [5.74, 6) is 7.95. The molecule has 0 aliphatic carbocycles. The molecule has 0 saturated carbocycles. The van der Waals surface area contributed by atoms with Gasteiger partial charge in [0.05, 0.1) is 19.8 Å². The molecular formula is C41H48Co2N2O12. The van der Waals surface area contributed by atoms with Gasteiger partial charge in [-0.3, -0.25) is 4.79 Å². The second-order valence-electron chi connectivity index (χ2n) is 12.8. The van der Waals surface area contributed by atoms with Crippen molar-refractivity contribution >= 4 is 24.0 Å². The minimum absolute atomic E-state index is 0. The molecule has 0 unspecified atom stereocenters. The Morgan fingerprint density at radius 2 is 1.44 bits per heavy atom. The van der Waals surface area contributed by atoms with Crippen LogP contribution in [0.2, 0.25) is 0 Å². The Balaban J connectivity index is -0.000000216. The van der Waals surface area contributed by atoms with Crippen molar-refractivity contribution in [3.05, 3.63) is 81.4 Å². The van der Waals surface area contributed by atoms with E-state index in [0.717, 1.165) is 36.8 Å². The number of fused-ring (bicyclic) bond motifs is 3. The fourth-order valence-corrected chi connectivity index (χ4v) is 4.46. The van der Waals surface area contributed by atoms with E-state index in [4.69, 9.17) is 48.5 Å². The Morgan fingerprint density at radius 1 is 0.912 bits per heavy atom. The van der Waals surface area contributed by atoms with E-state index in [1.807, 2.05) is 65.8 Å². The van der Waals surface area contributed by atoms with Crippen molar-refractivity contribution in [3.63, 3.8) is 0 Å². The van der Waals surface area contributed by atoms with E-state index in [-0.39, 0.29) is 70.7 Å². The number of benzene rings is 1. The molecule has 1 N–H and O–H groups in total. The fourth-order valence-electron chi connectivity index (χ4n) is 4.46. The number of alkyl carbamates (subject to hydrolysis) is 1. The van der Waals surface area contributed by atoms with Crippen LogP contribution in [0.1, 0.15) is 84.8 Å². The Kier molecular flexibility index (Phi) is 50.7. The van der Waals surface area contributed by atoms with Gasteiger partial charge >= 0.3 is 79.9 Å². The van der Waals surface area contributed by atoms with Gasteiger partial charge in [0.1, 0.15) is 18.7 Å². The van der Waals surface area contributed by atoms with Gasteiger partial charge in [0, 0.05) is 57.5 Å². The zero-order chi connectivity index (χ0) is 44.0. The topological polar surface area (TPSA) is 214 Å². The molecule has 14 nitrogen and oxygen atoms in total. The molecule has 1 aromatic carbocycles. The second kappa shape index (κ2) is 42.8. The molecule has 57 heavy (non-hydrogen) atoms. The molecule has 2 aliphatic rings. The SMILES string of the molecule is C#CC(C)(C)C.COC(=O)[C@@H]1C[C@@H]2CN1C(=O)[C@H](C(C)(C)C)NC(=O)OCCCCC/C=C/c1ccccc1C#CCO2.[C-]#[O+].[C-]#[O+].[C-]#[O+].[C-]#[O+].[C-]#[O+].[C-]#[O+].[Co].[Co]. The van der Waals surface area contributed by atoms with Crippen LogP contribution in [0.3, 0.4) is 0 Å². The third kappa shape index (κ3) is 31.5. The smallest absolute Gasteiger partial charge is 0 e. The number of carbonyl (C=O) groups is 3. The predicted octanol–water partition coefficient (Wildman–Crippen LogP) is 5.36. The average molecular weight is 879 g/mol. The maximum absolute atomic E-state index is 13.6. The standard InChI is InChI=1S/C29H38N2O6.C6H10.6CO.2Co/c1-29(2,3)25-26(32)31-20-23(19-24(31)27(33)35-4)36-18-12-16-22-15-10-9-14-21(22)13-8-6-5-7-11-17-37-28(34)30-25;1-5-6(2,3)4;6*1-2;;/h8-10,13-15,23-25H,5-7,11,17-20H2,1-4H3,(H,30,34);1H,2-4H3;;;;;;;;/b13-8+;;;;;;;;;/t23-,24+,25-;;;;;;;;;/m1........./s1. The Bertz CT molecular complexity index is 1470. The molecule has 2 bridgehead atoms. The number of ether oxygens (including phenoxy) is 3. The Labute approximate surface area is 358 Å². The summed E-state index contributed by atoms with van der Waals surface area (Å²) in [7, 11) is 1.29. The summed E-state index contributed by atoms with van der Waals surface area (Å²) in [4.78, 5) is 40.2. The molecule has 2 heterocycles. The van der Waals surface area contributed by atoms with Crippen LogP contribution in [0.15, 0.2) is 30.3 Å². The summed E-state index contributed by atoms with van der Waals surface area (Å²) >= 11 is 0. The summed E-state index contributed by atoms with van der Waals surface area (Å²) in [6.07, 6.45) is 12.0. The van der Waals surface area contributed by atoms with Gasteiger partial charge in [-0.1, -0.05) is 63.0 Å². The molecule has 2 aliphatic heterocycles. The Morgan fingerprint density at radius 3 is 1.93 bits per heavy atom. The first-order valence-corrected chi connectivity index (χ1v) is 16.1. The second-order valence-corrected chi connectivity index (χ2v) is 12.8. The van der Waals surface area contributed by atoms with Crippen molar-refractivity contribution < 1.29 is 90.1 Å². The number of cyclic esters (lactones) is 1. The van der Waals surface area contributed by atoms with E-state index < -0.39 is 29.6 Å². The number of allylic oxidation sites excluding steroid dienone is 1. The molecular weight excluding hydrogens is 830 g/mol. The monoisotopic (exact) mass is 878 g/mol. The first-order chi connectivity index (χ1) is 26.3. The van der Waals surface area contributed by atoms with Crippen molar-refractivity contribution in [1.29, 1.82) is 0 Å². The number of hydrogen-bond acceptors (Lipinski definition) is 6. The summed E-state index contributed by atoms with van der Waals surface area (Å²) < 4.78 is 61.3. The van der Waals surface area contributed by atoms with Gasteiger partial charge in [-0.2, -0.15) is 0 Å². The zero-order valence-corrected chi connectivity index (χ0v) is 35.0. The van der Waals surface area contributed by atoms with Gasteiger partial charge in [-0.25, -0.2) is 9.59 Å². The van der Waals surface area contributed by atoms with Crippen molar-refractivity contribution in [2.24, 2.45) is 10.8 Å². The van der Waals surface area contributed by atoms with Crippen molar-refractivity contribution in [3.8, 4) is 24.2 Å². The van der Waals surface area contributed by atoms with Gasteiger partial charge in [-0.05, 0) is 63.5 Å². The molecule has 1 fully saturated rings. The van der Waals surface area contributed by atoms with Crippen LogP contribution in [0, 0.1) is 74.9 Å². The number of hydrogen-bond donors (Lipinski definition) is 1. The maximum atomic E-state index is 13.6. The maximum Gasteiger partial charge on any atom is 0 e. The first-order valence-electron chi connectivity index (χ1n) is 16.1. The summed E-state index contributed by atoms with van der Waals surface area (Å²) in [5, 5.41) is 2.73. The van der Waals surface area contributed by atoms with E-state index in [1.165, 1.54) is 12.0 Å². The van der Waals surface area contributed by atoms with Gasteiger partial charge in [0.15, 0.2) is 0 Å². The third-order valence-electron chi connectivity index (χ3n) is 6.95. The molecule has 3 atom stereocenters. The minimum Gasteiger partial charge on any atom is 0 e. The normalized spacial score (nSPS) is 17.4. The summed E-state index contributed by atoms with van der Waals surface area (Å²) in [5.41, 5.74) is 1.41. The minimum atomic E-state index is -0.888. The van der Waals surface area contributed by atoms with Crippen molar-refractivity contribution in [1.82, 2.24) is 10.2 Å². The van der Waals surface area contributed by atoms with Crippen LogP contribution in [0.4, 0.5) is 4.79 Å². The zero-order valence-electron chi connectivity index (χ0n) is 32.9. The molecule has 2 amide bonds. The van der Waals surface area contributed by atoms with E-state index in [2.05, 4.69) is 75.1 Å². The quantitative estimate of drug-likeness (QED) is 0.170. The predicted molar refractivity (Wildman–Crippen MR) is 192 cm³/mol. The molecule has 0 aromatic heterocycles. The molecule has 2 radical (unpaired) electrons. The third-order valence-corrected chi connectivity index (χ3v) is 6.95. The van der Waals surface area contributed by atoms with E-state index in [0.29, 0.717) is 6.42 Å². The molecule has 312 valence electrons. The number of methoxy groups -OCH3 is 1. The van der Waals surface area contributed by atoms with Gasteiger partial charge in [0.25, 0.3) is 0 Å². The number of amides is 2. The van der Waals surface area contributed by atoms with Crippen LogP contribution >= 0.6 is 0 Å². The van der Waals surface area contributed by atoms with Crippen LogP contribution < -0.4 is 5.32 Å². The number of nitrogens with one attached hydrogen (secondary N) is 1. The number of terminal acetylenes is 1. The van der Waals surface area contributed by atoms with Gasteiger partial charge in [-0.15, -0.1) is 12.3 Å². The molecule has 16 heteroatoms. The van der Waals surface area contributed by atoms with Crippen LogP contribution in [0.25, 0.3) is 6.08 Å². The molecule has 1 aromatic rings. The Hall–Kier alpha value is -4.30. The van der Waals surface area contributed by atoms with E-state index in [9.17, 15) is 14.4 Å².